The summed E-state index contributed by atoms with van der Waals surface area (Å²) >= 11 is 0. The van der Waals surface area contributed by atoms with Gasteiger partial charge in [-0.15, -0.1) is 0 Å². The van der Waals surface area contributed by atoms with E-state index in [1.54, 1.807) is 0 Å². The van der Waals surface area contributed by atoms with Crippen molar-refractivity contribution in [1.82, 2.24) is 25.3 Å². The minimum atomic E-state index is -0.0588. The number of benzene rings is 1. The highest BCUT2D eigenvalue weighted by Crippen LogP contribution is 2.17. The van der Waals surface area contributed by atoms with E-state index in [0.29, 0.717) is 24.8 Å². The first kappa shape index (κ1) is 22.9. The highest BCUT2D eigenvalue weighted by atomic mass is 16.5. The lowest BCUT2D eigenvalue weighted by Crippen LogP contribution is -2.51. The summed E-state index contributed by atoms with van der Waals surface area (Å²) in [5.41, 5.74) is 2.16. The quantitative estimate of drug-likeness (QED) is 0.660. The third-order valence-electron chi connectivity index (χ3n) is 5.84. The number of aromatic nitrogens is 2. The molecular formula is C23H33N5O3. The van der Waals surface area contributed by atoms with Gasteiger partial charge in [0.05, 0.1) is 6.54 Å². The molecule has 1 fully saturated rings. The van der Waals surface area contributed by atoms with Crippen molar-refractivity contribution in [2.24, 2.45) is 5.92 Å². The zero-order valence-corrected chi connectivity index (χ0v) is 18.8. The summed E-state index contributed by atoms with van der Waals surface area (Å²) in [5.74, 6) is 1.16. The van der Waals surface area contributed by atoms with E-state index in [1.807, 2.05) is 49.9 Å². The van der Waals surface area contributed by atoms with Crippen LogP contribution in [0.3, 0.4) is 0 Å². The van der Waals surface area contributed by atoms with E-state index >= 15 is 0 Å². The van der Waals surface area contributed by atoms with Gasteiger partial charge in [-0.05, 0) is 26.3 Å². The Labute approximate surface area is 184 Å². The fourth-order valence-electron chi connectivity index (χ4n) is 3.49. The summed E-state index contributed by atoms with van der Waals surface area (Å²) in [4.78, 5) is 32.8. The molecule has 8 nitrogen and oxygen atoms in total. The maximum Gasteiger partial charge on any atom is 0.242 e. The average Bonchev–Trinajstić information content (AvgIpc) is 3.26. The van der Waals surface area contributed by atoms with Crippen LogP contribution in [0.25, 0.3) is 11.4 Å². The molecular weight excluding hydrogens is 394 g/mol. The summed E-state index contributed by atoms with van der Waals surface area (Å²) in [6, 6.07) is 8.08. The Morgan fingerprint density at radius 3 is 2.55 bits per heavy atom. The Morgan fingerprint density at radius 1 is 1.16 bits per heavy atom. The van der Waals surface area contributed by atoms with Crippen molar-refractivity contribution < 1.29 is 14.1 Å². The smallest absolute Gasteiger partial charge is 0.242 e. The molecule has 2 amide bonds. The van der Waals surface area contributed by atoms with Crippen molar-refractivity contribution in [2.45, 2.75) is 40.0 Å². The van der Waals surface area contributed by atoms with Gasteiger partial charge in [-0.25, -0.2) is 0 Å². The fourth-order valence-corrected chi connectivity index (χ4v) is 3.49. The highest BCUT2D eigenvalue weighted by Gasteiger charge is 2.22. The first-order chi connectivity index (χ1) is 15.0. The Kier molecular flexibility index (Phi) is 8.17. The van der Waals surface area contributed by atoms with Crippen molar-refractivity contribution in [3.05, 3.63) is 35.7 Å². The Hall–Kier alpha value is -2.74. The number of amides is 2. The lowest BCUT2D eigenvalue weighted by atomic mass is 10.1. The van der Waals surface area contributed by atoms with Crippen LogP contribution in [-0.4, -0.2) is 71.0 Å². The molecule has 1 aliphatic heterocycles. The molecule has 1 aromatic heterocycles. The van der Waals surface area contributed by atoms with Gasteiger partial charge in [0.1, 0.15) is 0 Å². The van der Waals surface area contributed by atoms with Gasteiger partial charge in [0.2, 0.25) is 23.5 Å². The molecule has 1 saturated heterocycles. The molecule has 0 radical (unpaired) electrons. The van der Waals surface area contributed by atoms with Gasteiger partial charge in [0, 0.05) is 44.1 Å². The van der Waals surface area contributed by atoms with Crippen molar-refractivity contribution in [1.29, 1.82) is 0 Å². The van der Waals surface area contributed by atoms with E-state index in [-0.39, 0.29) is 24.3 Å². The largest absolute Gasteiger partial charge is 0.347 e. The lowest BCUT2D eigenvalue weighted by molar-refractivity contribution is -0.135. The monoisotopic (exact) mass is 427 g/mol. The molecule has 31 heavy (non-hydrogen) atoms. The molecule has 2 heterocycles. The van der Waals surface area contributed by atoms with Gasteiger partial charge >= 0.3 is 0 Å². The number of nitrogens with one attached hydrogen (secondary N) is 1. The maximum absolute atomic E-state index is 12.3. The third kappa shape index (κ3) is 6.62. The second-order valence-corrected chi connectivity index (χ2v) is 8.23. The molecule has 8 heteroatoms. The van der Waals surface area contributed by atoms with E-state index in [1.165, 1.54) is 5.56 Å². The number of carbonyl (C=O) groups is 2. The fraction of sp³-hybridized carbons (Fsp3) is 0.565. The zero-order chi connectivity index (χ0) is 22.2. The molecule has 0 aliphatic carbocycles. The summed E-state index contributed by atoms with van der Waals surface area (Å²) < 4.78 is 5.39. The second kappa shape index (κ2) is 11.0. The molecule has 1 aromatic carbocycles. The van der Waals surface area contributed by atoms with Crippen LogP contribution >= 0.6 is 0 Å². The van der Waals surface area contributed by atoms with Gasteiger partial charge in [-0.2, -0.15) is 4.98 Å². The van der Waals surface area contributed by atoms with Crippen molar-refractivity contribution in [3.8, 4) is 11.4 Å². The predicted octanol–water partition coefficient (Wildman–Crippen LogP) is 2.28. The van der Waals surface area contributed by atoms with Crippen LogP contribution in [-0.2, 0) is 16.0 Å². The van der Waals surface area contributed by atoms with Crippen LogP contribution < -0.4 is 5.32 Å². The van der Waals surface area contributed by atoms with Crippen molar-refractivity contribution in [3.63, 3.8) is 0 Å². The highest BCUT2D eigenvalue weighted by molar-refractivity contribution is 5.85. The van der Waals surface area contributed by atoms with Crippen LogP contribution in [0.2, 0.25) is 0 Å². The first-order valence-corrected chi connectivity index (χ1v) is 11.1. The van der Waals surface area contributed by atoms with Crippen LogP contribution in [0.5, 0.6) is 0 Å². The van der Waals surface area contributed by atoms with Crippen LogP contribution in [0, 0.1) is 12.8 Å². The van der Waals surface area contributed by atoms with E-state index in [2.05, 4.69) is 20.4 Å². The molecule has 0 spiro atoms. The van der Waals surface area contributed by atoms with Gasteiger partial charge in [0.15, 0.2) is 0 Å². The number of hydrogen-bond donors (Lipinski definition) is 1. The van der Waals surface area contributed by atoms with Gasteiger partial charge in [-0.1, -0.05) is 48.8 Å². The zero-order valence-electron chi connectivity index (χ0n) is 18.8. The number of piperazine rings is 1. The van der Waals surface area contributed by atoms with Crippen molar-refractivity contribution in [2.75, 3.05) is 39.3 Å². The Balaban J connectivity index is 1.35. The molecule has 2 aromatic rings. The minimum absolute atomic E-state index is 0.00852. The van der Waals surface area contributed by atoms with Gasteiger partial charge < -0.3 is 14.7 Å². The summed E-state index contributed by atoms with van der Waals surface area (Å²) in [7, 11) is 0. The molecule has 1 N–H and O–H groups in total. The summed E-state index contributed by atoms with van der Waals surface area (Å²) in [6.45, 7) is 9.95. The molecule has 1 aliphatic rings. The molecule has 0 saturated carbocycles. The van der Waals surface area contributed by atoms with E-state index in [9.17, 15) is 9.59 Å². The third-order valence-corrected chi connectivity index (χ3v) is 5.84. The molecule has 0 bridgehead atoms. The molecule has 3 rings (SSSR count). The van der Waals surface area contributed by atoms with E-state index in [0.717, 1.165) is 44.5 Å². The maximum atomic E-state index is 12.3. The molecule has 168 valence electrons. The minimum Gasteiger partial charge on any atom is -0.347 e. The van der Waals surface area contributed by atoms with Crippen LogP contribution in [0.4, 0.5) is 0 Å². The number of nitrogens with zero attached hydrogens (tertiary/aromatic N) is 4. The van der Waals surface area contributed by atoms with Gasteiger partial charge in [0.25, 0.3) is 0 Å². The standard InChI is InChI=1S/C23H33N5O3/c1-4-18(3)23(30)24-16-21(29)28-14-12-27(13-15-28)11-5-6-20-25-22(26-31-20)19-9-7-17(2)8-10-19/h7-10,18H,4-6,11-16H2,1-3H3,(H,24,30). The lowest BCUT2D eigenvalue weighted by Gasteiger charge is -2.34. The number of aryl methyl sites for hydroxylation is 2. The normalized spacial score (nSPS) is 15.6. The number of rotatable bonds is 9. The van der Waals surface area contributed by atoms with E-state index in [4.69, 9.17) is 4.52 Å². The van der Waals surface area contributed by atoms with Gasteiger partial charge in [-0.3, -0.25) is 14.5 Å². The molecule has 1 atom stereocenters. The Bertz CT molecular complexity index is 856. The first-order valence-electron chi connectivity index (χ1n) is 11.1. The number of carbonyl (C=O) groups excluding carboxylic acids is 2. The predicted molar refractivity (Wildman–Crippen MR) is 118 cm³/mol. The van der Waals surface area contributed by atoms with Crippen molar-refractivity contribution >= 4 is 11.8 Å². The average molecular weight is 428 g/mol. The Morgan fingerprint density at radius 2 is 1.87 bits per heavy atom. The van der Waals surface area contributed by atoms with E-state index < -0.39 is 0 Å². The SMILES string of the molecule is CCC(C)C(=O)NCC(=O)N1CCN(CCCc2nc(-c3ccc(C)cc3)no2)CC1. The summed E-state index contributed by atoms with van der Waals surface area (Å²) in [5, 5.41) is 6.83. The second-order valence-electron chi connectivity index (χ2n) is 8.23. The van der Waals surface area contributed by atoms with Crippen LogP contribution in [0.15, 0.2) is 28.8 Å². The van der Waals surface area contributed by atoms with Crippen LogP contribution in [0.1, 0.15) is 38.1 Å². The number of hydrogen-bond acceptors (Lipinski definition) is 6. The topological polar surface area (TPSA) is 91.6 Å². The summed E-state index contributed by atoms with van der Waals surface area (Å²) in [6.07, 6.45) is 2.43. The molecule has 1 unspecified atom stereocenters.